The summed E-state index contributed by atoms with van der Waals surface area (Å²) in [6.07, 6.45) is 0. The van der Waals surface area contributed by atoms with Gasteiger partial charge in [0.2, 0.25) is 0 Å². The monoisotopic (exact) mass is 271 g/mol. The Morgan fingerprint density at radius 3 is 2.20 bits per heavy atom. The van der Waals surface area contributed by atoms with E-state index in [1.165, 1.54) is 0 Å². The van der Waals surface area contributed by atoms with Crippen molar-refractivity contribution in [3.63, 3.8) is 0 Å². The summed E-state index contributed by atoms with van der Waals surface area (Å²) in [4.78, 5) is 12.3. The molecule has 0 aromatic heterocycles. The minimum absolute atomic E-state index is 0.416. The zero-order chi connectivity index (χ0) is 15.0. The fourth-order valence-electron chi connectivity index (χ4n) is 2.01. The Bertz CT molecular complexity index is 639. The Kier molecular flexibility index (Phi) is 3.57. The Hall–Kier alpha value is -1.87. The molecule has 0 unspecified atom stereocenters. The van der Waals surface area contributed by atoms with Crippen molar-refractivity contribution in [2.75, 3.05) is 0 Å². The van der Waals surface area contributed by atoms with E-state index < -0.39 is 17.1 Å². The molecule has 3 nitrogen and oxygen atoms in total. The van der Waals surface area contributed by atoms with Crippen LogP contribution in [0.15, 0.2) is 42.5 Å². The van der Waals surface area contributed by atoms with Gasteiger partial charge in [-0.05, 0) is 50.1 Å². The molecule has 0 spiro atoms. The summed E-state index contributed by atoms with van der Waals surface area (Å²) in [5.74, 6) is -0.416. The normalized spacial score (nSPS) is 14.8. The lowest BCUT2D eigenvalue weighted by atomic mass is 9.91. The molecule has 2 aromatic carbocycles. The average Bonchev–Trinajstić information content (AvgIpc) is 2.36. The van der Waals surface area contributed by atoms with E-state index in [2.05, 4.69) is 0 Å². The third kappa shape index (κ3) is 2.99. The molecule has 2 rings (SSSR count). The third-order valence-corrected chi connectivity index (χ3v) is 3.17. The molecule has 2 aromatic rings. The molecule has 20 heavy (non-hydrogen) atoms. The number of esters is 1. The van der Waals surface area contributed by atoms with E-state index in [0.29, 0.717) is 0 Å². The summed E-state index contributed by atoms with van der Waals surface area (Å²) in [6.45, 7) is 7.19. The first-order valence-electron chi connectivity index (χ1n) is 6.72. The van der Waals surface area contributed by atoms with E-state index in [4.69, 9.17) is 10.5 Å². The molecule has 0 bridgehead atoms. The van der Waals surface area contributed by atoms with Crippen LogP contribution in [-0.2, 0) is 15.1 Å². The minimum atomic E-state index is -1.16. The van der Waals surface area contributed by atoms with Crippen LogP contribution in [0.5, 0.6) is 0 Å². The van der Waals surface area contributed by atoms with E-state index >= 15 is 0 Å². The summed E-state index contributed by atoms with van der Waals surface area (Å²) >= 11 is 0. The van der Waals surface area contributed by atoms with Crippen molar-refractivity contribution < 1.29 is 9.53 Å². The van der Waals surface area contributed by atoms with Crippen LogP contribution < -0.4 is 5.73 Å². The summed E-state index contributed by atoms with van der Waals surface area (Å²) in [5, 5.41) is 2.18. The van der Waals surface area contributed by atoms with Crippen LogP contribution in [0.25, 0.3) is 10.8 Å². The highest BCUT2D eigenvalue weighted by atomic mass is 16.6. The van der Waals surface area contributed by atoms with Crippen LogP contribution in [0.2, 0.25) is 0 Å². The van der Waals surface area contributed by atoms with Crippen LogP contribution in [0, 0.1) is 0 Å². The highest BCUT2D eigenvalue weighted by Crippen LogP contribution is 2.25. The summed E-state index contributed by atoms with van der Waals surface area (Å²) in [6, 6.07) is 13.8. The largest absolute Gasteiger partial charge is 0.458 e. The maximum atomic E-state index is 12.3. The van der Waals surface area contributed by atoms with Gasteiger partial charge in [0.25, 0.3) is 0 Å². The van der Waals surface area contributed by atoms with Gasteiger partial charge < -0.3 is 10.5 Å². The second-order valence-electron chi connectivity index (χ2n) is 6.27. The van der Waals surface area contributed by atoms with Gasteiger partial charge >= 0.3 is 5.97 Å². The molecule has 0 aliphatic rings. The van der Waals surface area contributed by atoms with E-state index in [1.807, 2.05) is 63.2 Å². The molecule has 1 atom stereocenters. The van der Waals surface area contributed by atoms with Crippen molar-refractivity contribution in [2.24, 2.45) is 5.73 Å². The van der Waals surface area contributed by atoms with E-state index in [0.717, 1.165) is 16.3 Å². The van der Waals surface area contributed by atoms with E-state index in [1.54, 1.807) is 6.92 Å². The molecule has 2 N–H and O–H groups in total. The number of ether oxygens (including phenoxy) is 1. The van der Waals surface area contributed by atoms with E-state index in [9.17, 15) is 4.79 Å². The zero-order valence-electron chi connectivity index (χ0n) is 12.4. The maximum absolute atomic E-state index is 12.3. The molecule has 0 saturated heterocycles. The summed E-state index contributed by atoms with van der Waals surface area (Å²) < 4.78 is 5.41. The number of rotatable bonds is 2. The lowest BCUT2D eigenvalue weighted by molar-refractivity contribution is -0.161. The SMILES string of the molecule is CC(C)(C)OC(=O)[C@](C)(N)c1ccc2ccccc2c1. The van der Waals surface area contributed by atoms with Gasteiger partial charge in [-0.2, -0.15) is 0 Å². The van der Waals surface area contributed by atoms with Gasteiger partial charge in [-0.25, -0.2) is 4.79 Å². The van der Waals surface area contributed by atoms with Crippen molar-refractivity contribution >= 4 is 16.7 Å². The standard InChI is InChI=1S/C17H21NO2/c1-16(2,3)20-15(19)17(4,18)14-10-9-12-7-5-6-8-13(12)11-14/h5-11H,18H2,1-4H3/t17-/m1/s1. The van der Waals surface area contributed by atoms with Gasteiger partial charge in [0.15, 0.2) is 0 Å². The molecular weight excluding hydrogens is 250 g/mol. The van der Waals surface area contributed by atoms with Crippen molar-refractivity contribution in [1.29, 1.82) is 0 Å². The highest BCUT2D eigenvalue weighted by molar-refractivity contribution is 5.87. The predicted molar refractivity (Wildman–Crippen MR) is 81.3 cm³/mol. The molecular formula is C17H21NO2. The number of benzene rings is 2. The first-order chi connectivity index (χ1) is 9.20. The van der Waals surface area contributed by atoms with Gasteiger partial charge in [-0.1, -0.05) is 36.4 Å². The lowest BCUT2D eigenvalue weighted by Gasteiger charge is -2.28. The van der Waals surface area contributed by atoms with E-state index in [-0.39, 0.29) is 0 Å². The molecule has 106 valence electrons. The zero-order valence-corrected chi connectivity index (χ0v) is 12.4. The fraction of sp³-hybridized carbons (Fsp3) is 0.353. The average molecular weight is 271 g/mol. The second kappa shape index (κ2) is 4.91. The number of hydrogen-bond donors (Lipinski definition) is 1. The van der Waals surface area contributed by atoms with Gasteiger partial charge in [-0.15, -0.1) is 0 Å². The number of carbonyl (C=O) groups excluding carboxylic acids is 1. The molecule has 0 amide bonds. The Morgan fingerprint density at radius 2 is 1.60 bits per heavy atom. The Labute approximate surface area is 119 Å². The highest BCUT2D eigenvalue weighted by Gasteiger charge is 2.35. The van der Waals surface area contributed by atoms with Crippen LogP contribution in [-0.4, -0.2) is 11.6 Å². The number of hydrogen-bond acceptors (Lipinski definition) is 3. The number of fused-ring (bicyclic) bond motifs is 1. The van der Waals surface area contributed by atoms with Crippen LogP contribution >= 0.6 is 0 Å². The van der Waals surface area contributed by atoms with Gasteiger partial charge in [0, 0.05) is 0 Å². The summed E-state index contributed by atoms with van der Waals surface area (Å²) in [7, 11) is 0. The predicted octanol–water partition coefficient (Wildman–Crippen LogP) is 3.36. The molecule has 0 aliphatic heterocycles. The van der Waals surface area contributed by atoms with Crippen LogP contribution in [0.4, 0.5) is 0 Å². The van der Waals surface area contributed by atoms with Gasteiger partial charge in [0.1, 0.15) is 11.1 Å². The first-order valence-corrected chi connectivity index (χ1v) is 6.72. The molecule has 3 heteroatoms. The van der Waals surface area contributed by atoms with Crippen molar-refractivity contribution in [2.45, 2.75) is 38.8 Å². The van der Waals surface area contributed by atoms with Crippen LogP contribution in [0.1, 0.15) is 33.3 Å². The second-order valence-corrected chi connectivity index (χ2v) is 6.27. The van der Waals surface area contributed by atoms with Crippen LogP contribution in [0.3, 0.4) is 0 Å². The minimum Gasteiger partial charge on any atom is -0.458 e. The molecule has 0 fully saturated rings. The Morgan fingerprint density at radius 1 is 1.00 bits per heavy atom. The molecule has 0 heterocycles. The number of nitrogens with two attached hydrogens (primary N) is 1. The van der Waals surface area contributed by atoms with Gasteiger partial charge in [0.05, 0.1) is 0 Å². The molecule has 0 saturated carbocycles. The number of carbonyl (C=O) groups is 1. The molecule has 0 radical (unpaired) electrons. The topological polar surface area (TPSA) is 52.3 Å². The lowest BCUT2D eigenvalue weighted by Crippen LogP contribution is -2.45. The molecule has 0 aliphatic carbocycles. The first kappa shape index (κ1) is 14.5. The maximum Gasteiger partial charge on any atom is 0.331 e. The van der Waals surface area contributed by atoms with Crippen molar-refractivity contribution in [3.05, 3.63) is 48.0 Å². The quantitative estimate of drug-likeness (QED) is 0.852. The Balaban J connectivity index is 2.38. The fourth-order valence-corrected chi connectivity index (χ4v) is 2.01. The van der Waals surface area contributed by atoms with Crippen molar-refractivity contribution in [1.82, 2.24) is 0 Å². The summed E-state index contributed by atoms with van der Waals surface area (Å²) in [5.41, 5.74) is 5.26. The van der Waals surface area contributed by atoms with Gasteiger partial charge in [-0.3, -0.25) is 0 Å². The van der Waals surface area contributed by atoms with Crippen molar-refractivity contribution in [3.8, 4) is 0 Å². The smallest absolute Gasteiger partial charge is 0.331 e. The third-order valence-electron chi connectivity index (χ3n) is 3.17.